The van der Waals surface area contributed by atoms with Crippen molar-refractivity contribution in [3.05, 3.63) is 71.3 Å². The average molecular weight is 296 g/mol. The number of carbonyl (C=O) groups excluding carboxylic acids is 1. The van der Waals surface area contributed by atoms with E-state index in [-0.39, 0.29) is 5.97 Å². The van der Waals surface area contributed by atoms with Crippen LogP contribution in [-0.2, 0) is 11.2 Å². The summed E-state index contributed by atoms with van der Waals surface area (Å²) < 4.78 is 5.64. The molecule has 0 saturated heterocycles. The second-order valence-electron chi connectivity index (χ2n) is 6.35. The second-order valence-corrected chi connectivity index (χ2v) is 6.35. The third kappa shape index (κ3) is 5.03. The number of hydrogen-bond acceptors (Lipinski definition) is 2. The summed E-state index contributed by atoms with van der Waals surface area (Å²) in [5, 5.41) is 0. The molecule has 0 aromatic heterocycles. The van der Waals surface area contributed by atoms with Gasteiger partial charge in [-0.3, -0.25) is 0 Å². The molecule has 0 radical (unpaired) electrons. The van der Waals surface area contributed by atoms with Gasteiger partial charge in [-0.2, -0.15) is 0 Å². The van der Waals surface area contributed by atoms with E-state index < -0.39 is 5.60 Å². The van der Waals surface area contributed by atoms with Crippen molar-refractivity contribution in [2.24, 2.45) is 0 Å². The molecule has 0 N–H and O–H groups in total. The van der Waals surface area contributed by atoms with Crippen molar-refractivity contribution >= 4 is 5.97 Å². The molecule has 0 atom stereocenters. The molecule has 22 heavy (non-hydrogen) atoms. The fourth-order valence-electron chi connectivity index (χ4n) is 2.41. The fraction of sp³-hybridized carbons (Fsp3) is 0.350. The Morgan fingerprint density at radius 2 is 1.64 bits per heavy atom. The Balaban J connectivity index is 1.83. The van der Waals surface area contributed by atoms with Crippen molar-refractivity contribution in [3.63, 3.8) is 0 Å². The lowest BCUT2D eigenvalue weighted by Crippen LogP contribution is -2.28. The molecule has 0 heterocycles. The average Bonchev–Trinajstić information content (AvgIpc) is 2.49. The van der Waals surface area contributed by atoms with Gasteiger partial charge in [-0.1, -0.05) is 48.0 Å². The largest absolute Gasteiger partial charge is 0.456 e. The first-order valence-electron chi connectivity index (χ1n) is 7.80. The molecule has 2 aromatic carbocycles. The highest BCUT2D eigenvalue weighted by molar-refractivity contribution is 5.89. The first kappa shape index (κ1) is 16.3. The molecule has 0 bridgehead atoms. The van der Waals surface area contributed by atoms with Crippen LogP contribution in [0.25, 0.3) is 0 Å². The number of esters is 1. The minimum atomic E-state index is -0.447. The standard InChI is InChI=1S/C20H24O2/c1-16-11-13-17(14-12-16)8-7-15-20(2,3)22-19(21)18-9-5-4-6-10-18/h4-6,9-14H,7-8,15H2,1-3H3. The van der Waals surface area contributed by atoms with Crippen LogP contribution in [0.15, 0.2) is 54.6 Å². The van der Waals surface area contributed by atoms with Gasteiger partial charge >= 0.3 is 5.97 Å². The van der Waals surface area contributed by atoms with Crippen LogP contribution in [-0.4, -0.2) is 11.6 Å². The van der Waals surface area contributed by atoms with Crippen LogP contribution in [0.4, 0.5) is 0 Å². The van der Waals surface area contributed by atoms with Gasteiger partial charge in [-0.15, -0.1) is 0 Å². The van der Waals surface area contributed by atoms with E-state index in [1.54, 1.807) is 12.1 Å². The molecule has 0 aliphatic heterocycles. The predicted octanol–water partition coefficient (Wildman–Crippen LogP) is 4.95. The molecule has 116 valence electrons. The van der Waals surface area contributed by atoms with Gasteiger partial charge in [0.05, 0.1) is 5.56 Å². The minimum absolute atomic E-state index is 0.249. The molecular formula is C20H24O2. The summed E-state index contributed by atoms with van der Waals surface area (Å²) in [5.74, 6) is -0.249. The number of benzene rings is 2. The van der Waals surface area contributed by atoms with Crippen molar-refractivity contribution in [2.75, 3.05) is 0 Å². The van der Waals surface area contributed by atoms with E-state index >= 15 is 0 Å². The predicted molar refractivity (Wildman–Crippen MR) is 90.1 cm³/mol. The van der Waals surface area contributed by atoms with Gasteiger partial charge in [0.2, 0.25) is 0 Å². The maximum atomic E-state index is 12.1. The van der Waals surface area contributed by atoms with Crippen LogP contribution in [0.2, 0.25) is 0 Å². The number of ether oxygens (including phenoxy) is 1. The van der Waals surface area contributed by atoms with Gasteiger partial charge in [-0.25, -0.2) is 4.79 Å². The smallest absolute Gasteiger partial charge is 0.338 e. The maximum absolute atomic E-state index is 12.1. The summed E-state index contributed by atoms with van der Waals surface area (Å²) in [6, 6.07) is 17.8. The molecule has 2 heteroatoms. The summed E-state index contributed by atoms with van der Waals surface area (Å²) in [6.45, 7) is 6.04. The van der Waals surface area contributed by atoms with Crippen molar-refractivity contribution in [2.45, 2.75) is 45.6 Å². The third-order valence-corrected chi connectivity index (χ3v) is 3.74. The Kier molecular flexibility index (Phi) is 5.37. The molecule has 0 amide bonds. The van der Waals surface area contributed by atoms with Crippen molar-refractivity contribution in [1.82, 2.24) is 0 Å². The van der Waals surface area contributed by atoms with Crippen LogP contribution in [0.5, 0.6) is 0 Å². The SMILES string of the molecule is Cc1ccc(CCCC(C)(C)OC(=O)c2ccccc2)cc1. The van der Waals surface area contributed by atoms with Crippen LogP contribution in [0.3, 0.4) is 0 Å². The highest BCUT2D eigenvalue weighted by atomic mass is 16.6. The summed E-state index contributed by atoms with van der Waals surface area (Å²) in [7, 11) is 0. The Hall–Kier alpha value is -2.09. The van der Waals surface area contributed by atoms with Gasteiger partial charge < -0.3 is 4.74 Å². The van der Waals surface area contributed by atoms with Crippen molar-refractivity contribution in [1.29, 1.82) is 0 Å². The minimum Gasteiger partial charge on any atom is -0.456 e. The third-order valence-electron chi connectivity index (χ3n) is 3.74. The summed E-state index contributed by atoms with van der Waals surface area (Å²) in [4.78, 5) is 12.1. The van der Waals surface area contributed by atoms with E-state index in [1.165, 1.54) is 11.1 Å². The molecule has 2 rings (SSSR count). The van der Waals surface area contributed by atoms with E-state index in [0.717, 1.165) is 19.3 Å². The fourth-order valence-corrected chi connectivity index (χ4v) is 2.41. The first-order chi connectivity index (χ1) is 10.5. The molecule has 0 aliphatic rings. The van der Waals surface area contributed by atoms with E-state index in [0.29, 0.717) is 5.56 Å². The lowest BCUT2D eigenvalue weighted by atomic mass is 9.98. The topological polar surface area (TPSA) is 26.3 Å². The summed E-state index contributed by atoms with van der Waals surface area (Å²) in [6.07, 6.45) is 2.85. The van der Waals surface area contributed by atoms with E-state index in [1.807, 2.05) is 32.0 Å². The number of hydrogen-bond donors (Lipinski definition) is 0. The van der Waals surface area contributed by atoms with Crippen molar-refractivity contribution < 1.29 is 9.53 Å². The van der Waals surface area contributed by atoms with Gasteiger partial charge in [0.15, 0.2) is 0 Å². The number of carbonyl (C=O) groups is 1. The first-order valence-corrected chi connectivity index (χ1v) is 7.80. The zero-order valence-corrected chi connectivity index (χ0v) is 13.6. The molecule has 0 unspecified atom stereocenters. The Labute approximate surface area is 133 Å². The molecule has 2 nitrogen and oxygen atoms in total. The molecule has 0 aliphatic carbocycles. The van der Waals surface area contributed by atoms with E-state index in [9.17, 15) is 4.79 Å². The molecule has 2 aromatic rings. The maximum Gasteiger partial charge on any atom is 0.338 e. The summed E-state index contributed by atoms with van der Waals surface area (Å²) >= 11 is 0. The van der Waals surface area contributed by atoms with Gasteiger partial charge in [0.25, 0.3) is 0 Å². The lowest BCUT2D eigenvalue weighted by molar-refractivity contribution is -0.00520. The molecule has 0 saturated carbocycles. The number of aryl methyl sites for hydroxylation is 2. The van der Waals surface area contributed by atoms with Gasteiger partial charge in [0.1, 0.15) is 5.60 Å². The lowest BCUT2D eigenvalue weighted by Gasteiger charge is -2.25. The normalized spacial score (nSPS) is 11.2. The van der Waals surface area contributed by atoms with E-state index in [2.05, 4.69) is 31.2 Å². The molecular weight excluding hydrogens is 272 g/mol. The highest BCUT2D eigenvalue weighted by Gasteiger charge is 2.23. The van der Waals surface area contributed by atoms with Crippen LogP contribution in [0.1, 0.15) is 48.2 Å². The zero-order chi connectivity index (χ0) is 16.0. The molecule has 0 fully saturated rings. The zero-order valence-electron chi connectivity index (χ0n) is 13.6. The van der Waals surface area contributed by atoms with Crippen molar-refractivity contribution in [3.8, 4) is 0 Å². The number of rotatable bonds is 6. The monoisotopic (exact) mass is 296 g/mol. The van der Waals surface area contributed by atoms with Gasteiger partial charge in [0, 0.05) is 0 Å². The summed E-state index contributed by atoms with van der Waals surface area (Å²) in [5.41, 5.74) is 2.77. The van der Waals surface area contributed by atoms with Crippen LogP contribution in [0, 0.1) is 6.92 Å². The quantitative estimate of drug-likeness (QED) is 0.705. The second kappa shape index (κ2) is 7.26. The van der Waals surface area contributed by atoms with Crippen LogP contribution >= 0.6 is 0 Å². The Morgan fingerprint density at radius 3 is 2.27 bits per heavy atom. The van der Waals surface area contributed by atoms with Gasteiger partial charge in [-0.05, 0) is 57.7 Å². The highest BCUT2D eigenvalue weighted by Crippen LogP contribution is 2.20. The van der Waals surface area contributed by atoms with E-state index in [4.69, 9.17) is 4.74 Å². The molecule has 0 spiro atoms. The van der Waals surface area contributed by atoms with Crippen LogP contribution < -0.4 is 0 Å². The Bertz CT molecular complexity index is 597. The Morgan fingerprint density at radius 1 is 1.00 bits per heavy atom.